The molecule has 2 aromatic heterocycles. The van der Waals surface area contributed by atoms with E-state index in [1.807, 2.05) is 0 Å². The Labute approximate surface area is 179 Å². The van der Waals surface area contributed by atoms with Crippen molar-refractivity contribution in [3.8, 4) is 0 Å². The molecule has 3 heterocycles. The van der Waals surface area contributed by atoms with Crippen LogP contribution in [0.2, 0.25) is 0 Å². The first-order chi connectivity index (χ1) is 14.8. The molecule has 10 heteroatoms. The number of rotatable bonds is 4. The van der Waals surface area contributed by atoms with E-state index in [2.05, 4.69) is 15.3 Å². The summed E-state index contributed by atoms with van der Waals surface area (Å²) >= 11 is 1.19. The molecule has 0 fully saturated rings. The van der Waals surface area contributed by atoms with Crippen LogP contribution in [0.15, 0.2) is 45.1 Å². The lowest BCUT2D eigenvalue weighted by Gasteiger charge is -2.28. The smallest absolute Gasteiger partial charge is 0.337 e. The molecule has 0 bridgehead atoms. The Morgan fingerprint density at radius 1 is 1.10 bits per heavy atom. The Morgan fingerprint density at radius 2 is 1.81 bits per heavy atom. The minimum atomic E-state index is -0.637. The molecule has 1 atom stereocenters. The topological polar surface area (TPSA) is 130 Å². The molecule has 4 rings (SSSR count). The van der Waals surface area contributed by atoms with Gasteiger partial charge in [-0.05, 0) is 31.5 Å². The molecular weight excluding hydrogens is 422 g/mol. The predicted octanol–water partition coefficient (Wildman–Crippen LogP) is 2.46. The highest BCUT2D eigenvalue weighted by molar-refractivity contribution is 7.23. The molecule has 3 N–H and O–H groups in total. The number of aromatic nitrogens is 2. The Hall–Kier alpha value is -3.66. The van der Waals surface area contributed by atoms with Crippen LogP contribution in [-0.4, -0.2) is 35.6 Å². The van der Waals surface area contributed by atoms with Gasteiger partial charge in [-0.25, -0.2) is 14.4 Å². The van der Waals surface area contributed by atoms with Crippen LogP contribution in [0.5, 0.6) is 0 Å². The first kappa shape index (κ1) is 20.6. The van der Waals surface area contributed by atoms with Crippen molar-refractivity contribution in [1.29, 1.82) is 0 Å². The fourth-order valence-electron chi connectivity index (χ4n) is 3.74. The highest BCUT2D eigenvalue weighted by Gasteiger charge is 2.36. The van der Waals surface area contributed by atoms with Crippen LogP contribution in [0.3, 0.4) is 0 Å². The Balaban J connectivity index is 1.98. The number of carbonyl (C=O) groups excluding carboxylic acids is 2. The average Bonchev–Trinajstić information content (AvgIpc) is 3.10. The zero-order valence-corrected chi connectivity index (χ0v) is 17.8. The summed E-state index contributed by atoms with van der Waals surface area (Å²) in [4.78, 5) is 54.0. The van der Waals surface area contributed by atoms with E-state index < -0.39 is 29.1 Å². The van der Waals surface area contributed by atoms with Crippen molar-refractivity contribution >= 4 is 38.5 Å². The van der Waals surface area contributed by atoms with Crippen LogP contribution in [0, 0.1) is 0 Å². The molecule has 1 unspecified atom stereocenters. The van der Waals surface area contributed by atoms with Gasteiger partial charge in [-0.3, -0.25) is 9.78 Å². The Morgan fingerprint density at radius 3 is 2.45 bits per heavy atom. The van der Waals surface area contributed by atoms with Crippen molar-refractivity contribution in [3.63, 3.8) is 0 Å². The van der Waals surface area contributed by atoms with Gasteiger partial charge >= 0.3 is 17.6 Å². The molecule has 0 amide bonds. The molecule has 1 aliphatic heterocycles. The zero-order valence-electron chi connectivity index (χ0n) is 17.0. The van der Waals surface area contributed by atoms with Crippen molar-refractivity contribution in [2.75, 3.05) is 19.0 Å². The van der Waals surface area contributed by atoms with E-state index in [1.165, 1.54) is 18.4 Å². The number of hydrogen-bond acceptors (Lipinski definition) is 8. The van der Waals surface area contributed by atoms with E-state index in [4.69, 9.17) is 9.47 Å². The third kappa shape index (κ3) is 3.44. The van der Waals surface area contributed by atoms with Crippen LogP contribution in [0.4, 0.5) is 5.00 Å². The minimum absolute atomic E-state index is 0.192. The van der Waals surface area contributed by atoms with Gasteiger partial charge in [-0.15, -0.1) is 11.3 Å². The van der Waals surface area contributed by atoms with Crippen molar-refractivity contribution in [2.24, 2.45) is 0 Å². The van der Waals surface area contributed by atoms with Gasteiger partial charge in [0.05, 0.1) is 35.4 Å². The number of benzene rings is 1. The van der Waals surface area contributed by atoms with Crippen LogP contribution >= 0.6 is 11.3 Å². The number of methoxy groups -OCH3 is 1. The number of thiophene rings is 1. The number of H-pyrrole nitrogens is 2. The van der Waals surface area contributed by atoms with Gasteiger partial charge in [-0.1, -0.05) is 12.1 Å². The first-order valence-corrected chi connectivity index (χ1v) is 10.3. The summed E-state index contributed by atoms with van der Waals surface area (Å²) in [5, 5.41) is 3.82. The second-order valence-electron chi connectivity index (χ2n) is 6.89. The maximum atomic E-state index is 12.9. The molecule has 160 valence electrons. The zero-order chi connectivity index (χ0) is 22.3. The van der Waals surface area contributed by atoms with Crippen molar-refractivity contribution in [3.05, 3.63) is 73.1 Å². The van der Waals surface area contributed by atoms with Gasteiger partial charge in [0, 0.05) is 17.2 Å². The quantitative estimate of drug-likeness (QED) is 0.530. The molecule has 9 nitrogen and oxygen atoms in total. The number of hydrogen-bond donors (Lipinski definition) is 3. The van der Waals surface area contributed by atoms with Gasteiger partial charge < -0.3 is 19.8 Å². The second kappa shape index (κ2) is 7.88. The molecule has 31 heavy (non-hydrogen) atoms. The first-order valence-electron chi connectivity index (χ1n) is 9.47. The van der Waals surface area contributed by atoms with E-state index in [9.17, 15) is 19.2 Å². The fraction of sp³-hybridized carbons (Fsp3) is 0.238. The summed E-state index contributed by atoms with van der Waals surface area (Å²) in [6.45, 7) is 3.66. The van der Waals surface area contributed by atoms with Crippen molar-refractivity contribution in [1.82, 2.24) is 9.97 Å². The van der Waals surface area contributed by atoms with Crippen LogP contribution in [-0.2, 0) is 14.3 Å². The van der Waals surface area contributed by atoms with E-state index in [0.717, 1.165) is 0 Å². The molecule has 1 aromatic carbocycles. The lowest BCUT2D eigenvalue weighted by atomic mass is 9.82. The molecule has 0 saturated carbocycles. The SMILES string of the molecule is CCOC(=O)C1=C(C)Nc2sc3c(=O)[nH]c(=O)[nH]c3c2C1c1ccc(C(=O)OC)cc1. The molecule has 1 aliphatic rings. The molecule has 0 radical (unpaired) electrons. The van der Waals surface area contributed by atoms with Gasteiger partial charge in [0.2, 0.25) is 0 Å². The summed E-state index contributed by atoms with van der Waals surface area (Å²) in [6, 6.07) is 6.64. The lowest BCUT2D eigenvalue weighted by molar-refractivity contribution is -0.138. The third-order valence-corrected chi connectivity index (χ3v) is 6.18. The number of allylic oxidation sites excluding steroid dienone is 1. The number of anilines is 1. The second-order valence-corrected chi connectivity index (χ2v) is 7.91. The molecule has 0 saturated heterocycles. The highest BCUT2D eigenvalue weighted by Crippen LogP contribution is 2.48. The van der Waals surface area contributed by atoms with Crippen LogP contribution < -0.4 is 16.6 Å². The fourth-order valence-corrected chi connectivity index (χ4v) is 4.89. The van der Waals surface area contributed by atoms with Gasteiger partial charge in [-0.2, -0.15) is 0 Å². The van der Waals surface area contributed by atoms with E-state index >= 15 is 0 Å². The van der Waals surface area contributed by atoms with Crippen LogP contribution in [0.25, 0.3) is 10.2 Å². The Bertz CT molecular complexity index is 1350. The van der Waals surface area contributed by atoms with Gasteiger partial charge in [0.15, 0.2) is 0 Å². The molecule has 0 aliphatic carbocycles. The highest BCUT2D eigenvalue weighted by atomic mass is 32.1. The van der Waals surface area contributed by atoms with E-state index in [1.54, 1.807) is 38.1 Å². The largest absolute Gasteiger partial charge is 0.465 e. The van der Waals surface area contributed by atoms with Gasteiger partial charge in [0.1, 0.15) is 4.70 Å². The standard InChI is InChI=1S/C21H19N3O6S/c1-4-30-20(27)12-9(2)22-18-14(15-16(31-18)17(25)24-21(28)23-15)13(12)10-5-7-11(8-6-10)19(26)29-3/h5-8,13,22H,4H2,1-3H3,(H2,23,24,25,28). The summed E-state index contributed by atoms with van der Waals surface area (Å²) < 4.78 is 10.4. The number of nitrogens with one attached hydrogen (secondary N) is 3. The molecule has 3 aromatic rings. The normalized spacial score (nSPS) is 15.4. The van der Waals surface area contributed by atoms with Crippen LogP contribution in [0.1, 0.15) is 41.3 Å². The summed E-state index contributed by atoms with van der Waals surface area (Å²) in [5.74, 6) is -1.60. The minimum Gasteiger partial charge on any atom is -0.465 e. The third-order valence-electron chi connectivity index (χ3n) is 5.06. The lowest BCUT2D eigenvalue weighted by Crippen LogP contribution is -2.25. The number of aromatic amines is 2. The van der Waals surface area contributed by atoms with E-state index in [-0.39, 0.29) is 6.61 Å². The number of carbonyl (C=O) groups is 2. The van der Waals surface area contributed by atoms with E-state index in [0.29, 0.717) is 43.2 Å². The summed E-state index contributed by atoms with van der Waals surface area (Å²) in [5.41, 5.74) is 1.81. The molecule has 0 spiro atoms. The average molecular weight is 441 g/mol. The monoisotopic (exact) mass is 441 g/mol. The number of ether oxygens (including phenoxy) is 2. The summed E-state index contributed by atoms with van der Waals surface area (Å²) in [7, 11) is 1.30. The summed E-state index contributed by atoms with van der Waals surface area (Å²) in [6.07, 6.45) is 0. The number of fused-ring (bicyclic) bond motifs is 3. The predicted molar refractivity (Wildman–Crippen MR) is 116 cm³/mol. The van der Waals surface area contributed by atoms with Gasteiger partial charge in [0.25, 0.3) is 5.56 Å². The maximum absolute atomic E-state index is 12.9. The molecular formula is C21H19N3O6S. The van der Waals surface area contributed by atoms with Crippen molar-refractivity contribution < 1.29 is 19.1 Å². The Kier molecular flexibility index (Phi) is 5.24. The number of esters is 2. The van der Waals surface area contributed by atoms with Crippen molar-refractivity contribution in [2.45, 2.75) is 19.8 Å². The maximum Gasteiger partial charge on any atom is 0.337 e.